The number of aryl methyl sites for hydroxylation is 1. The van der Waals surface area contributed by atoms with Gasteiger partial charge in [-0.3, -0.25) is 0 Å². The third kappa shape index (κ3) is 3.78. The summed E-state index contributed by atoms with van der Waals surface area (Å²) in [5.74, 6) is 1.02. The van der Waals surface area contributed by atoms with E-state index < -0.39 is 5.82 Å². The lowest BCUT2D eigenvalue weighted by Gasteiger charge is -2.40. The van der Waals surface area contributed by atoms with Crippen molar-refractivity contribution >= 4 is 5.69 Å². The van der Waals surface area contributed by atoms with E-state index >= 15 is 0 Å². The summed E-state index contributed by atoms with van der Waals surface area (Å²) in [6.07, 6.45) is 6.47. The molecule has 34 heavy (non-hydrogen) atoms. The van der Waals surface area contributed by atoms with Gasteiger partial charge in [0.15, 0.2) is 0 Å². The van der Waals surface area contributed by atoms with Crippen molar-refractivity contribution in [3.63, 3.8) is 0 Å². The summed E-state index contributed by atoms with van der Waals surface area (Å²) in [6.45, 7) is 2.61. The van der Waals surface area contributed by atoms with E-state index in [-0.39, 0.29) is 11.7 Å². The summed E-state index contributed by atoms with van der Waals surface area (Å²) in [5.41, 5.74) is 5.27. The number of aromatic nitrogens is 1. The van der Waals surface area contributed by atoms with Crippen LogP contribution in [0.2, 0.25) is 0 Å². The number of hydrogen-bond donors (Lipinski definition) is 0. The van der Waals surface area contributed by atoms with Gasteiger partial charge < -0.3 is 14.2 Å². The van der Waals surface area contributed by atoms with Crippen molar-refractivity contribution in [2.75, 3.05) is 4.90 Å². The predicted octanol–water partition coefficient (Wildman–Crippen LogP) is 6.25. The van der Waals surface area contributed by atoms with E-state index in [1.165, 1.54) is 11.6 Å². The molecule has 3 aromatic rings. The number of nitriles is 1. The smallest absolute Gasteiger partial charge is 0.145 e. The van der Waals surface area contributed by atoms with Crippen LogP contribution in [0.1, 0.15) is 66.9 Å². The Kier molecular flexibility index (Phi) is 5.38. The standard InChI is InChI=1S/C28H28FN3O2/c1-17-4-2-3-5-24(17)27-25(28(34-31-27)18-6-7-18)16-33-23-12-20-10-11-21(13-23)32(20)22-9-8-19(15-30)26(29)14-22/h2-5,8-9,14,18,20-21,23H,6-7,10-13,16H2,1H3/t20-,21+,23+. The van der Waals surface area contributed by atoms with Gasteiger partial charge in [0.1, 0.15) is 23.3 Å². The molecule has 2 bridgehead atoms. The maximum Gasteiger partial charge on any atom is 0.145 e. The Balaban J connectivity index is 1.19. The lowest BCUT2D eigenvalue weighted by Crippen LogP contribution is -2.45. The number of nitrogens with zero attached hydrogens (tertiary/aromatic N) is 3. The molecule has 1 aliphatic carbocycles. The van der Waals surface area contributed by atoms with Crippen molar-refractivity contribution < 1.29 is 13.7 Å². The number of benzene rings is 2. The van der Waals surface area contributed by atoms with Gasteiger partial charge in [0.25, 0.3) is 0 Å². The van der Waals surface area contributed by atoms with E-state index in [4.69, 9.17) is 14.5 Å². The maximum absolute atomic E-state index is 14.3. The van der Waals surface area contributed by atoms with Crippen molar-refractivity contribution in [3.05, 3.63) is 70.7 Å². The zero-order chi connectivity index (χ0) is 23.2. The number of fused-ring (bicyclic) bond motifs is 2. The Hall–Kier alpha value is -3.17. The second-order valence-corrected chi connectivity index (χ2v) is 9.94. The SMILES string of the molecule is Cc1ccccc1-c1noc(C2CC2)c1CO[C@H]1C[C@H]2CC[C@@H](C1)N2c1ccc(C#N)c(F)c1. The van der Waals surface area contributed by atoms with Gasteiger partial charge in [-0.25, -0.2) is 4.39 Å². The summed E-state index contributed by atoms with van der Waals surface area (Å²) >= 11 is 0. The molecule has 3 heterocycles. The van der Waals surface area contributed by atoms with Gasteiger partial charge in [0.2, 0.25) is 0 Å². The first kappa shape index (κ1) is 21.4. The Morgan fingerprint density at radius 2 is 1.88 bits per heavy atom. The molecule has 174 valence electrons. The van der Waals surface area contributed by atoms with Gasteiger partial charge in [-0.2, -0.15) is 5.26 Å². The predicted molar refractivity (Wildman–Crippen MR) is 127 cm³/mol. The van der Waals surface area contributed by atoms with Crippen LogP contribution in [-0.2, 0) is 11.3 Å². The third-order valence-electron chi connectivity index (χ3n) is 7.69. The van der Waals surface area contributed by atoms with Crippen LogP contribution in [0.3, 0.4) is 0 Å². The fraction of sp³-hybridized carbons (Fsp3) is 0.429. The van der Waals surface area contributed by atoms with Crippen LogP contribution in [0.25, 0.3) is 11.3 Å². The van der Waals surface area contributed by atoms with Gasteiger partial charge in [0, 0.05) is 34.8 Å². The van der Waals surface area contributed by atoms with Crippen molar-refractivity contribution in [2.45, 2.75) is 76.2 Å². The number of rotatable bonds is 6. The second kappa shape index (κ2) is 8.56. The van der Waals surface area contributed by atoms with Crippen LogP contribution in [0.5, 0.6) is 0 Å². The Morgan fingerprint density at radius 1 is 1.12 bits per heavy atom. The summed E-state index contributed by atoms with van der Waals surface area (Å²) in [4.78, 5) is 2.35. The van der Waals surface area contributed by atoms with Crippen LogP contribution in [-0.4, -0.2) is 23.3 Å². The summed E-state index contributed by atoms with van der Waals surface area (Å²) < 4.78 is 26.6. The van der Waals surface area contributed by atoms with E-state index in [0.29, 0.717) is 24.6 Å². The minimum Gasteiger partial charge on any atom is -0.373 e. The van der Waals surface area contributed by atoms with Crippen molar-refractivity contribution in [1.29, 1.82) is 5.26 Å². The molecule has 3 atom stereocenters. The van der Waals surface area contributed by atoms with Crippen molar-refractivity contribution in [3.8, 4) is 17.3 Å². The molecular formula is C28H28FN3O2. The van der Waals surface area contributed by atoms with Gasteiger partial charge in [0.05, 0.1) is 18.3 Å². The molecule has 0 amide bonds. The number of hydrogen-bond acceptors (Lipinski definition) is 5. The molecule has 5 nitrogen and oxygen atoms in total. The zero-order valence-electron chi connectivity index (χ0n) is 19.3. The molecule has 0 unspecified atom stereocenters. The van der Waals surface area contributed by atoms with Gasteiger partial charge >= 0.3 is 0 Å². The van der Waals surface area contributed by atoms with Crippen LogP contribution in [0.15, 0.2) is 47.0 Å². The normalized spacial score (nSPS) is 23.8. The first-order valence-corrected chi connectivity index (χ1v) is 12.3. The minimum absolute atomic E-state index is 0.0963. The van der Waals surface area contributed by atoms with E-state index in [1.54, 1.807) is 6.07 Å². The first-order valence-electron chi connectivity index (χ1n) is 12.3. The Labute approximate surface area is 199 Å². The Bertz CT molecular complexity index is 1240. The molecule has 6 heteroatoms. The molecule has 2 aromatic carbocycles. The maximum atomic E-state index is 14.3. The van der Waals surface area contributed by atoms with Gasteiger partial charge in [-0.1, -0.05) is 29.4 Å². The molecule has 0 radical (unpaired) electrons. The van der Waals surface area contributed by atoms with Crippen LogP contribution in [0, 0.1) is 24.1 Å². The molecule has 3 fully saturated rings. The van der Waals surface area contributed by atoms with Crippen molar-refractivity contribution in [1.82, 2.24) is 5.16 Å². The van der Waals surface area contributed by atoms with Crippen molar-refractivity contribution in [2.24, 2.45) is 0 Å². The fourth-order valence-corrected chi connectivity index (χ4v) is 5.82. The van der Waals surface area contributed by atoms with Crippen LogP contribution >= 0.6 is 0 Å². The number of piperidine rings is 1. The molecule has 2 aliphatic heterocycles. The highest BCUT2D eigenvalue weighted by atomic mass is 19.1. The van der Waals surface area contributed by atoms with E-state index in [9.17, 15) is 4.39 Å². The second-order valence-electron chi connectivity index (χ2n) is 9.94. The Morgan fingerprint density at radius 3 is 2.56 bits per heavy atom. The number of ether oxygens (including phenoxy) is 1. The molecular weight excluding hydrogens is 429 g/mol. The van der Waals surface area contributed by atoms with E-state index in [2.05, 4.69) is 29.1 Å². The van der Waals surface area contributed by atoms with Crippen LogP contribution < -0.4 is 4.90 Å². The molecule has 0 N–H and O–H groups in total. The van der Waals surface area contributed by atoms with Gasteiger partial charge in [-0.15, -0.1) is 0 Å². The highest BCUT2D eigenvalue weighted by molar-refractivity contribution is 5.67. The summed E-state index contributed by atoms with van der Waals surface area (Å²) in [5, 5.41) is 13.5. The van der Waals surface area contributed by atoms with E-state index in [0.717, 1.165) is 66.8 Å². The average molecular weight is 458 g/mol. The molecule has 3 aliphatic rings. The van der Waals surface area contributed by atoms with E-state index in [1.807, 2.05) is 24.3 Å². The molecule has 0 spiro atoms. The molecule has 6 rings (SSSR count). The molecule has 1 saturated carbocycles. The average Bonchev–Trinajstić information content (AvgIpc) is 3.54. The lowest BCUT2D eigenvalue weighted by molar-refractivity contribution is 0.0147. The highest BCUT2D eigenvalue weighted by Gasteiger charge is 2.42. The van der Waals surface area contributed by atoms with Crippen LogP contribution in [0.4, 0.5) is 10.1 Å². The third-order valence-corrected chi connectivity index (χ3v) is 7.69. The molecule has 1 aromatic heterocycles. The number of halogens is 1. The fourth-order valence-electron chi connectivity index (χ4n) is 5.82. The number of anilines is 1. The quantitative estimate of drug-likeness (QED) is 0.437. The lowest BCUT2D eigenvalue weighted by atomic mass is 9.98. The molecule has 2 saturated heterocycles. The summed E-state index contributed by atoms with van der Waals surface area (Å²) in [7, 11) is 0. The van der Waals surface area contributed by atoms with Gasteiger partial charge in [-0.05, 0) is 69.2 Å². The monoisotopic (exact) mass is 457 g/mol. The highest BCUT2D eigenvalue weighted by Crippen LogP contribution is 2.45. The first-order chi connectivity index (χ1) is 16.6. The topological polar surface area (TPSA) is 62.3 Å². The summed E-state index contributed by atoms with van der Waals surface area (Å²) in [6, 6.07) is 15.8. The minimum atomic E-state index is -0.443. The zero-order valence-corrected chi connectivity index (χ0v) is 19.3. The largest absolute Gasteiger partial charge is 0.373 e.